The van der Waals surface area contributed by atoms with Crippen LogP contribution < -0.4 is 10.2 Å². The van der Waals surface area contributed by atoms with E-state index in [0.717, 1.165) is 61.9 Å². The number of nitrogens with one attached hydrogen (secondary N) is 1. The van der Waals surface area contributed by atoms with Crippen molar-refractivity contribution in [2.75, 3.05) is 69.6 Å². The molecule has 0 bridgehead atoms. The Morgan fingerprint density at radius 1 is 1.06 bits per heavy atom. The van der Waals surface area contributed by atoms with Crippen molar-refractivity contribution in [3.8, 4) is 11.3 Å². The van der Waals surface area contributed by atoms with Crippen LogP contribution in [0.1, 0.15) is 31.7 Å². The van der Waals surface area contributed by atoms with E-state index in [2.05, 4.69) is 68.2 Å². The van der Waals surface area contributed by atoms with Crippen LogP contribution in [0.25, 0.3) is 11.3 Å². The molecule has 0 amide bonds. The number of hydrogen-bond acceptors (Lipinski definition) is 6. The van der Waals surface area contributed by atoms with E-state index in [1.807, 2.05) is 0 Å². The van der Waals surface area contributed by atoms with Crippen molar-refractivity contribution in [1.29, 1.82) is 0 Å². The lowest BCUT2D eigenvalue weighted by Crippen LogP contribution is -2.28. The van der Waals surface area contributed by atoms with Crippen molar-refractivity contribution in [3.05, 3.63) is 35.1 Å². The maximum absolute atomic E-state index is 6.35. The molecular weight excluding hydrogens is 408 g/mol. The average Bonchev–Trinajstić information content (AvgIpc) is 3.44. The van der Waals surface area contributed by atoms with Gasteiger partial charge in [0.05, 0.1) is 5.69 Å². The summed E-state index contributed by atoms with van der Waals surface area (Å²) >= 11 is 6.35. The predicted molar refractivity (Wildman–Crippen MR) is 130 cm³/mol. The molecule has 6 nitrogen and oxygen atoms in total. The third kappa shape index (κ3) is 5.68. The molecule has 3 heterocycles. The first-order valence-corrected chi connectivity index (χ1v) is 12.1. The van der Waals surface area contributed by atoms with E-state index in [0.29, 0.717) is 5.28 Å². The molecule has 31 heavy (non-hydrogen) atoms. The van der Waals surface area contributed by atoms with E-state index in [9.17, 15) is 0 Å². The number of benzene rings is 1. The van der Waals surface area contributed by atoms with Crippen LogP contribution in [-0.4, -0.2) is 79.2 Å². The molecule has 0 atom stereocenters. The summed E-state index contributed by atoms with van der Waals surface area (Å²) in [6.45, 7) is 10.9. The Balaban J connectivity index is 1.41. The first-order valence-electron chi connectivity index (χ1n) is 11.7. The van der Waals surface area contributed by atoms with Gasteiger partial charge in [0.15, 0.2) is 0 Å². The molecule has 1 fully saturated rings. The topological polar surface area (TPSA) is 47.5 Å². The van der Waals surface area contributed by atoms with E-state index in [4.69, 9.17) is 11.6 Å². The zero-order valence-corrected chi connectivity index (χ0v) is 19.7. The number of rotatable bonds is 10. The normalized spacial score (nSPS) is 16.3. The molecule has 2 aliphatic heterocycles. The van der Waals surface area contributed by atoms with E-state index < -0.39 is 0 Å². The summed E-state index contributed by atoms with van der Waals surface area (Å²) in [4.78, 5) is 16.5. The number of anilines is 2. The highest BCUT2D eigenvalue weighted by Crippen LogP contribution is 2.35. The van der Waals surface area contributed by atoms with E-state index in [1.54, 1.807) is 0 Å². The minimum Gasteiger partial charge on any atom is -0.384 e. The standard InChI is InChI=1S/C24H35ClN6/c1-3-29(2)18-12-26-20-9-7-19(8-10-20)22-21-11-17-31(23(21)28-24(25)27-22)16-6-15-30-13-4-5-14-30/h7-10,26H,3-6,11-18H2,1-2H3. The highest BCUT2D eigenvalue weighted by atomic mass is 35.5. The minimum absolute atomic E-state index is 0.338. The Kier molecular flexibility index (Phi) is 7.64. The van der Waals surface area contributed by atoms with Gasteiger partial charge in [-0.15, -0.1) is 0 Å². The zero-order chi connectivity index (χ0) is 21.6. The van der Waals surface area contributed by atoms with Crippen LogP contribution >= 0.6 is 11.6 Å². The van der Waals surface area contributed by atoms with Crippen molar-refractivity contribution in [2.45, 2.75) is 32.6 Å². The fourth-order valence-electron chi connectivity index (χ4n) is 4.53. The second kappa shape index (κ2) is 10.6. The van der Waals surface area contributed by atoms with Crippen LogP contribution in [0, 0.1) is 0 Å². The minimum atomic E-state index is 0.338. The van der Waals surface area contributed by atoms with Gasteiger partial charge >= 0.3 is 0 Å². The van der Waals surface area contributed by atoms with Gasteiger partial charge in [-0.25, -0.2) is 9.97 Å². The molecule has 4 rings (SSSR count). The molecular formula is C24H35ClN6. The predicted octanol–water partition coefficient (Wildman–Crippen LogP) is 4.01. The number of halogens is 1. The number of likely N-dealkylation sites (tertiary alicyclic amines) is 1. The summed E-state index contributed by atoms with van der Waals surface area (Å²) in [6, 6.07) is 8.54. The van der Waals surface area contributed by atoms with Crippen LogP contribution in [0.3, 0.4) is 0 Å². The molecule has 0 saturated carbocycles. The van der Waals surface area contributed by atoms with Crippen molar-refractivity contribution in [1.82, 2.24) is 19.8 Å². The van der Waals surface area contributed by atoms with Crippen LogP contribution in [0.4, 0.5) is 11.5 Å². The van der Waals surface area contributed by atoms with Gasteiger partial charge in [-0.2, -0.15) is 0 Å². The van der Waals surface area contributed by atoms with Crippen LogP contribution in [0.5, 0.6) is 0 Å². The monoisotopic (exact) mass is 442 g/mol. The van der Waals surface area contributed by atoms with Crippen LogP contribution in [0.15, 0.2) is 24.3 Å². The summed E-state index contributed by atoms with van der Waals surface area (Å²) in [5, 5.41) is 3.83. The second-order valence-corrected chi connectivity index (χ2v) is 9.02. The van der Waals surface area contributed by atoms with Gasteiger partial charge in [-0.1, -0.05) is 19.1 Å². The van der Waals surface area contributed by atoms with Crippen molar-refractivity contribution in [3.63, 3.8) is 0 Å². The molecule has 0 aliphatic carbocycles. The highest BCUT2D eigenvalue weighted by Gasteiger charge is 2.26. The Morgan fingerprint density at radius 2 is 1.84 bits per heavy atom. The van der Waals surface area contributed by atoms with Crippen molar-refractivity contribution >= 4 is 23.1 Å². The molecule has 1 saturated heterocycles. The summed E-state index contributed by atoms with van der Waals surface area (Å²) in [7, 11) is 2.14. The van der Waals surface area contributed by atoms with Crippen molar-refractivity contribution < 1.29 is 0 Å². The number of likely N-dealkylation sites (N-methyl/N-ethyl adjacent to an activating group) is 1. The molecule has 0 spiro atoms. The Labute approximate surface area is 191 Å². The van der Waals surface area contributed by atoms with Gasteiger partial charge in [-0.3, -0.25) is 0 Å². The van der Waals surface area contributed by atoms with Gasteiger partial charge in [0.1, 0.15) is 5.82 Å². The zero-order valence-electron chi connectivity index (χ0n) is 18.9. The lowest BCUT2D eigenvalue weighted by molar-refractivity contribution is 0.334. The molecule has 0 radical (unpaired) electrons. The molecule has 2 aliphatic rings. The number of hydrogen-bond donors (Lipinski definition) is 1. The third-order valence-electron chi connectivity index (χ3n) is 6.51. The Morgan fingerprint density at radius 3 is 2.58 bits per heavy atom. The summed E-state index contributed by atoms with van der Waals surface area (Å²) in [5.41, 5.74) is 4.45. The third-order valence-corrected chi connectivity index (χ3v) is 6.68. The fourth-order valence-corrected chi connectivity index (χ4v) is 4.70. The summed E-state index contributed by atoms with van der Waals surface area (Å²) in [6.07, 6.45) is 4.85. The lowest BCUT2D eigenvalue weighted by atomic mass is 10.1. The van der Waals surface area contributed by atoms with Crippen LogP contribution in [0.2, 0.25) is 5.28 Å². The van der Waals surface area contributed by atoms with Gasteiger partial charge in [-0.05, 0) is 82.6 Å². The Bertz CT molecular complexity index is 850. The van der Waals surface area contributed by atoms with Gasteiger partial charge < -0.3 is 20.0 Å². The van der Waals surface area contributed by atoms with E-state index >= 15 is 0 Å². The van der Waals surface area contributed by atoms with E-state index in [-0.39, 0.29) is 0 Å². The molecule has 1 N–H and O–H groups in total. The highest BCUT2D eigenvalue weighted by molar-refractivity contribution is 6.28. The van der Waals surface area contributed by atoms with E-state index in [1.165, 1.54) is 44.5 Å². The Hall–Kier alpha value is -1.89. The lowest BCUT2D eigenvalue weighted by Gasteiger charge is -2.21. The smallest absolute Gasteiger partial charge is 0.224 e. The fraction of sp³-hybridized carbons (Fsp3) is 0.583. The SMILES string of the molecule is CCN(C)CCNc1ccc(-c2nc(Cl)nc3c2CCN3CCCN2CCCC2)cc1. The first kappa shape index (κ1) is 22.3. The molecule has 168 valence electrons. The quantitative estimate of drug-likeness (QED) is 0.561. The van der Waals surface area contributed by atoms with Gasteiger partial charge in [0.2, 0.25) is 5.28 Å². The summed E-state index contributed by atoms with van der Waals surface area (Å²) < 4.78 is 0. The maximum Gasteiger partial charge on any atom is 0.224 e. The number of fused-ring (bicyclic) bond motifs is 1. The number of aromatic nitrogens is 2. The summed E-state index contributed by atoms with van der Waals surface area (Å²) in [5.74, 6) is 1.03. The molecule has 1 aromatic carbocycles. The second-order valence-electron chi connectivity index (χ2n) is 8.68. The molecule has 2 aromatic rings. The maximum atomic E-state index is 6.35. The van der Waals surface area contributed by atoms with Gasteiger partial charge in [0.25, 0.3) is 0 Å². The molecule has 0 unspecified atom stereocenters. The van der Waals surface area contributed by atoms with Crippen molar-refractivity contribution in [2.24, 2.45) is 0 Å². The molecule has 7 heteroatoms. The average molecular weight is 443 g/mol. The first-order chi connectivity index (χ1) is 15.1. The largest absolute Gasteiger partial charge is 0.384 e. The number of nitrogens with zero attached hydrogens (tertiary/aromatic N) is 5. The van der Waals surface area contributed by atoms with Gasteiger partial charge in [0, 0.05) is 43.0 Å². The van der Waals surface area contributed by atoms with Crippen LogP contribution in [-0.2, 0) is 6.42 Å². The molecule has 1 aromatic heterocycles.